The molecule has 1 atom stereocenters. The van der Waals surface area contributed by atoms with Crippen molar-refractivity contribution in [3.63, 3.8) is 0 Å². The van der Waals surface area contributed by atoms with Gasteiger partial charge < -0.3 is 15.5 Å². The van der Waals surface area contributed by atoms with Crippen LogP contribution in [0.3, 0.4) is 0 Å². The highest BCUT2D eigenvalue weighted by molar-refractivity contribution is 5.47. The van der Waals surface area contributed by atoms with Crippen LogP contribution in [0.25, 0.3) is 0 Å². The zero-order valence-corrected chi connectivity index (χ0v) is 11.8. The van der Waals surface area contributed by atoms with Gasteiger partial charge in [-0.25, -0.2) is 0 Å². The summed E-state index contributed by atoms with van der Waals surface area (Å²) in [6, 6.07) is 3.78. The Bertz CT molecular complexity index is 417. The first-order valence-corrected chi connectivity index (χ1v) is 7.50. The number of hydrogen-bond acceptors (Lipinski definition) is 3. The molecule has 3 heteroatoms. The van der Waals surface area contributed by atoms with Crippen LogP contribution in [0.5, 0.6) is 11.5 Å². The standard InChI is InChI=1S/C16H25NO2/c1-2-3-4-5-6-7-14-13-11-16(19)15(18)10-12(13)8-9-17-14/h10-11,14,17-19H,2-9H2,1H3/t14-/m1/s1. The molecule has 1 aromatic rings. The van der Waals surface area contributed by atoms with Gasteiger partial charge in [-0.3, -0.25) is 0 Å². The van der Waals surface area contributed by atoms with Gasteiger partial charge in [0.1, 0.15) is 0 Å². The van der Waals surface area contributed by atoms with Crippen LogP contribution in [0.4, 0.5) is 0 Å². The predicted molar refractivity (Wildman–Crippen MR) is 77.6 cm³/mol. The minimum absolute atomic E-state index is 0.00145. The maximum absolute atomic E-state index is 9.66. The first kappa shape index (κ1) is 14.2. The lowest BCUT2D eigenvalue weighted by atomic mass is 9.90. The van der Waals surface area contributed by atoms with Gasteiger partial charge in [-0.1, -0.05) is 39.0 Å². The molecule has 1 aromatic carbocycles. The van der Waals surface area contributed by atoms with E-state index in [1.165, 1.54) is 37.7 Å². The van der Waals surface area contributed by atoms with Gasteiger partial charge in [0.2, 0.25) is 0 Å². The van der Waals surface area contributed by atoms with Crippen molar-refractivity contribution in [1.82, 2.24) is 5.32 Å². The number of hydrogen-bond donors (Lipinski definition) is 3. The highest BCUT2D eigenvalue weighted by atomic mass is 16.3. The SMILES string of the molecule is CCCCCCC[C@H]1NCCc2cc(O)c(O)cc21. The van der Waals surface area contributed by atoms with E-state index < -0.39 is 0 Å². The fourth-order valence-electron chi connectivity index (χ4n) is 2.88. The molecule has 0 unspecified atom stereocenters. The number of nitrogens with one attached hydrogen (secondary N) is 1. The summed E-state index contributed by atoms with van der Waals surface area (Å²) in [5.41, 5.74) is 2.34. The molecule has 19 heavy (non-hydrogen) atoms. The molecule has 0 saturated heterocycles. The lowest BCUT2D eigenvalue weighted by Gasteiger charge is -2.27. The van der Waals surface area contributed by atoms with Crippen molar-refractivity contribution in [1.29, 1.82) is 0 Å². The summed E-state index contributed by atoms with van der Waals surface area (Å²) in [5.74, 6) is 0.000721. The van der Waals surface area contributed by atoms with Crippen LogP contribution in [-0.2, 0) is 6.42 Å². The summed E-state index contributed by atoms with van der Waals surface area (Å²) in [6.07, 6.45) is 8.46. The highest BCUT2D eigenvalue weighted by Gasteiger charge is 2.21. The summed E-state index contributed by atoms with van der Waals surface area (Å²) in [7, 11) is 0. The molecular formula is C16H25NO2. The van der Waals surface area contributed by atoms with Gasteiger partial charge in [-0.15, -0.1) is 0 Å². The molecule has 1 aliphatic rings. The minimum atomic E-state index is -0.00145. The number of unbranched alkanes of at least 4 members (excludes halogenated alkanes) is 4. The molecule has 1 aliphatic heterocycles. The van der Waals surface area contributed by atoms with Gasteiger partial charge in [0.25, 0.3) is 0 Å². The third-order valence-corrected chi connectivity index (χ3v) is 3.99. The summed E-state index contributed by atoms with van der Waals surface area (Å²) in [4.78, 5) is 0. The zero-order chi connectivity index (χ0) is 13.7. The molecule has 3 nitrogen and oxygen atoms in total. The van der Waals surface area contributed by atoms with E-state index in [9.17, 15) is 10.2 Å². The van der Waals surface area contributed by atoms with E-state index in [0.717, 1.165) is 24.9 Å². The van der Waals surface area contributed by atoms with Crippen LogP contribution in [-0.4, -0.2) is 16.8 Å². The molecular weight excluding hydrogens is 238 g/mol. The molecule has 0 radical (unpaired) electrons. The van der Waals surface area contributed by atoms with Crippen molar-refractivity contribution < 1.29 is 10.2 Å². The number of phenolic OH excluding ortho intramolecular Hbond substituents is 2. The lowest BCUT2D eigenvalue weighted by molar-refractivity contribution is 0.395. The normalized spacial score (nSPS) is 18.3. The summed E-state index contributed by atoms with van der Waals surface area (Å²) in [6.45, 7) is 3.19. The molecule has 0 spiro atoms. The number of aromatic hydroxyl groups is 2. The molecule has 1 heterocycles. The van der Waals surface area contributed by atoms with Crippen LogP contribution >= 0.6 is 0 Å². The number of benzene rings is 1. The number of rotatable bonds is 6. The number of fused-ring (bicyclic) bond motifs is 1. The van der Waals surface area contributed by atoms with Gasteiger partial charge in [0.15, 0.2) is 11.5 Å². The maximum Gasteiger partial charge on any atom is 0.157 e. The van der Waals surface area contributed by atoms with Crippen LogP contribution in [0.15, 0.2) is 12.1 Å². The number of phenols is 2. The van der Waals surface area contributed by atoms with Crippen molar-refractivity contribution in [2.45, 2.75) is 57.9 Å². The third-order valence-electron chi connectivity index (χ3n) is 3.99. The van der Waals surface area contributed by atoms with Crippen LogP contribution < -0.4 is 5.32 Å². The second kappa shape index (κ2) is 6.80. The predicted octanol–water partition coefficient (Wildman–Crippen LogP) is 3.65. The van der Waals surface area contributed by atoms with Crippen LogP contribution in [0.2, 0.25) is 0 Å². The van der Waals surface area contributed by atoms with Gasteiger partial charge in [-0.05, 0) is 42.6 Å². The topological polar surface area (TPSA) is 52.5 Å². The molecule has 2 rings (SSSR count). The summed E-state index contributed by atoms with van der Waals surface area (Å²) in [5, 5.41) is 22.7. The van der Waals surface area contributed by atoms with E-state index >= 15 is 0 Å². The summed E-state index contributed by atoms with van der Waals surface area (Å²) < 4.78 is 0. The van der Waals surface area contributed by atoms with E-state index in [1.807, 2.05) is 0 Å². The highest BCUT2D eigenvalue weighted by Crippen LogP contribution is 2.35. The Morgan fingerprint density at radius 1 is 1.11 bits per heavy atom. The fraction of sp³-hybridized carbons (Fsp3) is 0.625. The molecule has 0 bridgehead atoms. The van der Waals surface area contributed by atoms with Crippen LogP contribution in [0, 0.1) is 0 Å². The Morgan fingerprint density at radius 2 is 1.84 bits per heavy atom. The second-order valence-corrected chi connectivity index (χ2v) is 5.50. The molecule has 0 aromatic heterocycles. The van der Waals surface area contributed by atoms with Crippen molar-refractivity contribution in [3.8, 4) is 11.5 Å². The van der Waals surface area contributed by atoms with Crippen molar-refractivity contribution in [2.24, 2.45) is 0 Å². The lowest BCUT2D eigenvalue weighted by Crippen LogP contribution is -2.29. The first-order chi connectivity index (χ1) is 9.22. The van der Waals surface area contributed by atoms with Gasteiger partial charge >= 0.3 is 0 Å². The maximum atomic E-state index is 9.66. The monoisotopic (exact) mass is 263 g/mol. The van der Waals surface area contributed by atoms with Gasteiger partial charge in [-0.2, -0.15) is 0 Å². The first-order valence-electron chi connectivity index (χ1n) is 7.50. The molecule has 0 fully saturated rings. The minimum Gasteiger partial charge on any atom is -0.504 e. The van der Waals surface area contributed by atoms with Crippen LogP contribution in [0.1, 0.15) is 62.6 Å². The van der Waals surface area contributed by atoms with Crippen molar-refractivity contribution in [3.05, 3.63) is 23.3 Å². The van der Waals surface area contributed by atoms with Crippen molar-refractivity contribution >= 4 is 0 Å². The quantitative estimate of drug-likeness (QED) is 0.542. The molecule has 0 amide bonds. The Kier molecular flexibility index (Phi) is 5.08. The van der Waals surface area contributed by atoms with E-state index in [1.54, 1.807) is 12.1 Å². The fourth-order valence-corrected chi connectivity index (χ4v) is 2.88. The van der Waals surface area contributed by atoms with Crippen molar-refractivity contribution in [2.75, 3.05) is 6.54 Å². The Balaban J connectivity index is 1.95. The average Bonchev–Trinajstić information content (AvgIpc) is 2.40. The Hall–Kier alpha value is -1.22. The van der Waals surface area contributed by atoms with E-state index in [0.29, 0.717) is 6.04 Å². The van der Waals surface area contributed by atoms with E-state index in [2.05, 4.69) is 12.2 Å². The molecule has 3 N–H and O–H groups in total. The zero-order valence-electron chi connectivity index (χ0n) is 11.8. The van der Waals surface area contributed by atoms with Gasteiger partial charge in [0.05, 0.1) is 0 Å². The molecule has 0 saturated carbocycles. The largest absolute Gasteiger partial charge is 0.504 e. The second-order valence-electron chi connectivity index (χ2n) is 5.50. The smallest absolute Gasteiger partial charge is 0.157 e. The summed E-state index contributed by atoms with van der Waals surface area (Å²) >= 11 is 0. The van der Waals surface area contributed by atoms with Gasteiger partial charge in [0, 0.05) is 6.04 Å². The van der Waals surface area contributed by atoms with E-state index in [-0.39, 0.29) is 11.5 Å². The Morgan fingerprint density at radius 3 is 2.63 bits per heavy atom. The molecule has 0 aliphatic carbocycles. The third kappa shape index (κ3) is 3.63. The average molecular weight is 263 g/mol. The Labute approximate surface area is 115 Å². The molecule has 106 valence electrons. The van der Waals surface area contributed by atoms with E-state index in [4.69, 9.17) is 0 Å².